The molecule has 0 aromatic heterocycles. The number of benzene rings is 1. The maximum atomic E-state index is 9.78. The standard InChI is InChI=1S/C18H29NO/c1-15-7-6-11-18(13-15,14-20)19-12-10-16(2)17-8-4-3-5-9-17/h3-5,8-9,15-16,19-20H,6-7,10-14H2,1-2H3. The first-order valence-corrected chi connectivity index (χ1v) is 8.06. The molecule has 0 heterocycles. The van der Waals surface area contributed by atoms with Crippen LogP contribution in [0.25, 0.3) is 0 Å². The quantitative estimate of drug-likeness (QED) is 0.829. The van der Waals surface area contributed by atoms with Gasteiger partial charge in [0.2, 0.25) is 0 Å². The van der Waals surface area contributed by atoms with Crippen LogP contribution < -0.4 is 5.32 Å². The molecule has 2 N–H and O–H groups in total. The summed E-state index contributed by atoms with van der Waals surface area (Å²) in [6.45, 7) is 5.85. The molecule has 1 aromatic rings. The molecule has 1 aliphatic rings. The highest BCUT2D eigenvalue weighted by atomic mass is 16.3. The largest absolute Gasteiger partial charge is 0.394 e. The molecule has 112 valence electrons. The molecule has 20 heavy (non-hydrogen) atoms. The lowest BCUT2D eigenvalue weighted by Crippen LogP contribution is -2.51. The van der Waals surface area contributed by atoms with Crippen molar-refractivity contribution in [2.75, 3.05) is 13.2 Å². The van der Waals surface area contributed by atoms with Crippen molar-refractivity contribution >= 4 is 0 Å². The molecule has 2 rings (SSSR count). The Morgan fingerprint density at radius 1 is 1.35 bits per heavy atom. The number of rotatable bonds is 6. The molecule has 1 fully saturated rings. The van der Waals surface area contributed by atoms with Gasteiger partial charge < -0.3 is 10.4 Å². The first kappa shape index (κ1) is 15.5. The number of nitrogens with one attached hydrogen (secondary N) is 1. The Hall–Kier alpha value is -0.860. The highest BCUT2D eigenvalue weighted by molar-refractivity contribution is 5.18. The molecule has 1 saturated carbocycles. The summed E-state index contributed by atoms with van der Waals surface area (Å²) in [6.07, 6.45) is 5.91. The molecule has 0 amide bonds. The first-order valence-electron chi connectivity index (χ1n) is 8.06. The normalized spacial score (nSPS) is 28.2. The Kier molecular flexibility index (Phi) is 5.62. The zero-order valence-corrected chi connectivity index (χ0v) is 12.9. The first-order chi connectivity index (χ1) is 9.65. The summed E-state index contributed by atoms with van der Waals surface area (Å²) in [6, 6.07) is 10.7. The lowest BCUT2D eigenvalue weighted by atomic mass is 9.76. The van der Waals surface area contributed by atoms with Gasteiger partial charge in [-0.2, -0.15) is 0 Å². The summed E-state index contributed by atoms with van der Waals surface area (Å²) in [5.41, 5.74) is 1.39. The van der Waals surface area contributed by atoms with Crippen LogP contribution in [0.1, 0.15) is 57.4 Å². The number of hydrogen-bond acceptors (Lipinski definition) is 2. The minimum atomic E-state index is -0.0198. The Morgan fingerprint density at radius 3 is 2.75 bits per heavy atom. The molecule has 0 radical (unpaired) electrons. The van der Waals surface area contributed by atoms with E-state index >= 15 is 0 Å². The van der Waals surface area contributed by atoms with Crippen LogP contribution in [0, 0.1) is 5.92 Å². The second kappa shape index (κ2) is 7.24. The van der Waals surface area contributed by atoms with Gasteiger partial charge in [0.25, 0.3) is 0 Å². The van der Waals surface area contributed by atoms with Crippen molar-refractivity contribution < 1.29 is 5.11 Å². The average Bonchev–Trinajstić information content (AvgIpc) is 2.48. The minimum Gasteiger partial charge on any atom is -0.394 e. The number of aliphatic hydroxyl groups is 1. The fourth-order valence-corrected chi connectivity index (χ4v) is 3.52. The van der Waals surface area contributed by atoms with Crippen LogP contribution in [0.5, 0.6) is 0 Å². The predicted octanol–water partition coefficient (Wildman–Crippen LogP) is 3.71. The summed E-state index contributed by atoms with van der Waals surface area (Å²) in [5.74, 6) is 1.30. The van der Waals surface area contributed by atoms with Crippen molar-refractivity contribution in [3.63, 3.8) is 0 Å². The van der Waals surface area contributed by atoms with E-state index in [0.29, 0.717) is 5.92 Å². The fraction of sp³-hybridized carbons (Fsp3) is 0.667. The van der Waals surface area contributed by atoms with Gasteiger partial charge in [0.05, 0.1) is 6.61 Å². The topological polar surface area (TPSA) is 32.3 Å². The Balaban J connectivity index is 1.82. The lowest BCUT2D eigenvalue weighted by molar-refractivity contribution is 0.0993. The van der Waals surface area contributed by atoms with Crippen LogP contribution >= 0.6 is 0 Å². The van der Waals surface area contributed by atoms with E-state index in [1.54, 1.807) is 0 Å². The van der Waals surface area contributed by atoms with E-state index in [0.717, 1.165) is 31.7 Å². The Morgan fingerprint density at radius 2 is 2.10 bits per heavy atom. The highest BCUT2D eigenvalue weighted by Gasteiger charge is 2.33. The second-order valence-corrected chi connectivity index (χ2v) is 6.67. The van der Waals surface area contributed by atoms with Gasteiger partial charge in [0, 0.05) is 5.54 Å². The molecule has 3 unspecified atom stereocenters. The molecule has 0 spiro atoms. The van der Waals surface area contributed by atoms with E-state index in [2.05, 4.69) is 49.5 Å². The van der Waals surface area contributed by atoms with E-state index in [1.165, 1.54) is 18.4 Å². The molecule has 2 nitrogen and oxygen atoms in total. The summed E-state index contributed by atoms with van der Waals surface area (Å²) in [4.78, 5) is 0. The summed E-state index contributed by atoms with van der Waals surface area (Å²) in [7, 11) is 0. The van der Waals surface area contributed by atoms with Crippen molar-refractivity contribution in [2.45, 2.75) is 57.4 Å². The van der Waals surface area contributed by atoms with Crippen LogP contribution in [-0.2, 0) is 0 Å². The van der Waals surface area contributed by atoms with Crippen LogP contribution in [0.2, 0.25) is 0 Å². The van der Waals surface area contributed by atoms with E-state index in [4.69, 9.17) is 0 Å². The second-order valence-electron chi connectivity index (χ2n) is 6.67. The van der Waals surface area contributed by atoms with Crippen molar-refractivity contribution in [3.8, 4) is 0 Å². The smallest absolute Gasteiger partial charge is 0.0613 e. The zero-order valence-electron chi connectivity index (χ0n) is 12.9. The van der Waals surface area contributed by atoms with Crippen molar-refractivity contribution in [3.05, 3.63) is 35.9 Å². The SMILES string of the molecule is CC1CCCC(CO)(NCCC(C)c2ccccc2)C1. The minimum absolute atomic E-state index is 0.0198. The molecule has 3 atom stereocenters. The predicted molar refractivity (Wildman–Crippen MR) is 84.9 cm³/mol. The van der Waals surface area contributed by atoms with Gasteiger partial charge in [-0.15, -0.1) is 0 Å². The third kappa shape index (κ3) is 4.07. The summed E-state index contributed by atoms with van der Waals surface area (Å²) >= 11 is 0. The van der Waals surface area contributed by atoms with Crippen molar-refractivity contribution in [1.29, 1.82) is 0 Å². The molecule has 1 aliphatic carbocycles. The van der Waals surface area contributed by atoms with Crippen molar-refractivity contribution in [2.24, 2.45) is 5.92 Å². The average molecular weight is 275 g/mol. The summed E-state index contributed by atoms with van der Waals surface area (Å²) in [5, 5.41) is 13.4. The van der Waals surface area contributed by atoms with Gasteiger partial charge in [0.15, 0.2) is 0 Å². The van der Waals surface area contributed by atoms with E-state index in [1.807, 2.05) is 0 Å². The number of aliphatic hydroxyl groups excluding tert-OH is 1. The fourth-order valence-electron chi connectivity index (χ4n) is 3.52. The molecule has 0 bridgehead atoms. The van der Waals surface area contributed by atoms with E-state index in [-0.39, 0.29) is 12.1 Å². The highest BCUT2D eigenvalue weighted by Crippen LogP contribution is 2.32. The van der Waals surface area contributed by atoms with Gasteiger partial charge in [-0.1, -0.05) is 57.0 Å². The molecule has 2 heteroatoms. The molecule has 1 aromatic carbocycles. The lowest BCUT2D eigenvalue weighted by Gasteiger charge is -2.40. The molecular formula is C18H29NO. The Bertz CT molecular complexity index is 392. The molecular weight excluding hydrogens is 246 g/mol. The van der Waals surface area contributed by atoms with Crippen LogP contribution in [0.3, 0.4) is 0 Å². The van der Waals surface area contributed by atoms with Crippen molar-refractivity contribution in [1.82, 2.24) is 5.32 Å². The van der Waals surface area contributed by atoms with Gasteiger partial charge in [-0.25, -0.2) is 0 Å². The maximum Gasteiger partial charge on any atom is 0.0613 e. The molecule has 0 saturated heterocycles. The van der Waals surface area contributed by atoms with E-state index in [9.17, 15) is 5.11 Å². The third-order valence-electron chi connectivity index (χ3n) is 4.84. The summed E-state index contributed by atoms with van der Waals surface area (Å²) < 4.78 is 0. The van der Waals surface area contributed by atoms with Gasteiger partial charge >= 0.3 is 0 Å². The van der Waals surface area contributed by atoms with Gasteiger partial charge in [0.1, 0.15) is 0 Å². The third-order valence-corrected chi connectivity index (χ3v) is 4.84. The zero-order chi connectivity index (χ0) is 14.4. The van der Waals surface area contributed by atoms with Crippen LogP contribution in [0.15, 0.2) is 30.3 Å². The van der Waals surface area contributed by atoms with Gasteiger partial charge in [-0.3, -0.25) is 0 Å². The van der Waals surface area contributed by atoms with E-state index < -0.39 is 0 Å². The maximum absolute atomic E-state index is 9.78. The van der Waals surface area contributed by atoms with Crippen LogP contribution in [0.4, 0.5) is 0 Å². The van der Waals surface area contributed by atoms with Crippen LogP contribution in [-0.4, -0.2) is 23.8 Å². The monoisotopic (exact) mass is 275 g/mol. The van der Waals surface area contributed by atoms with Gasteiger partial charge in [-0.05, 0) is 43.2 Å². The molecule has 0 aliphatic heterocycles. The Labute approximate surface area is 123 Å². The number of hydrogen-bond donors (Lipinski definition) is 2.